The van der Waals surface area contributed by atoms with Crippen LogP contribution in [0.15, 0.2) is 72.8 Å². The van der Waals surface area contributed by atoms with Gasteiger partial charge in [0.25, 0.3) is 0 Å². The highest BCUT2D eigenvalue weighted by molar-refractivity contribution is 14.1. The van der Waals surface area contributed by atoms with Crippen molar-refractivity contribution in [2.24, 2.45) is 0 Å². The zero-order chi connectivity index (χ0) is 19.8. The van der Waals surface area contributed by atoms with Crippen molar-refractivity contribution in [2.45, 2.75) is 13.5 Å². The Hall–Kier alpha value is -2.78. The summed E-state index contributed by atoms with van der Waals surface area (Å²) in [6.07, 6.45) is 1.87. The molecule has 4 heteroatoms. The zero-order valence-corrected chi connectivity index (χ0v) is 17.7. The Morgan fingerprint density at radius 1 is 0.964 bits per heavy atom. The molecule has 0 aliphatic rings. The Bertz CT molecular complexity index is 989. The molecule has 3 aromatic carbocycles. The van der Waals surface area contributed by atoms with Gasteiger partial charge in [0.15, 0.2) is 11.5 Å². The third-order valence-corrected chi connectivity index (χ3v) is 4.81. The Kier molecular flexibility index (Phi) is 7.10. The number of nitriles is 1. The lowest BCUT2D eigenvalue weighted by atomic mass is 10.0. The van der Waals surface area contributed by atoms with Gasteiger partial charge >= 0.3 is 0 Å². The lowest BCUT2D eigenvalue weighted by molar-refractivity contribution is 0.269. The molecule has 0 spiro atoms. The summed E-state index contributed by atoms with van der Waals surface area (Å²) < 4.78 is 12.8. The van der Waals surface area contributed by atoms with Crippen LogP contribution in [0, 0.1) is 14.9 Å². The standard InChI is InChI=1S/C24H20INO2/c1-2-27-24-15-19(14-21(16-26)20-9-11-22(25)12-10-20)8-13-23(24)28-17-18-6-4-3-5-7-18/h3-15H,2,17H2,1H3/b21-14-. The van der Waals surface area contributed by atoms with Crippen molar-refractivity contribution in [2.75, 3.05) is 6.61 Å². The fraction of sp³-hybridized carbons (Fsp3) is 0.125. The third-order valence-electron chi connectivity index (χ3n) is 4.09. The van der Waals surface area contributed by atoms with E-state index < -0.39 is 0 Å². The molecule has 0 aliphatic carbocycles. The van der Waals surface area contributed by atoms with Gasteiger partial charge in [-0.3, -0.25) is 0 Å². The van der Waals surface area contributed by atoms with E-state index in [0.29, 0.717) is 30.3 Å². The molecule has 0 amide bonds. The number of rotatable bonds is 7. The number of allylic oxidation sites excluding steroid dienone is 1. The van der Waals surface area contributed by atoms with Crippen molar-refractivity contribution in [3.8, 4) is 17.6 Å². The maximum atomic E-state index is 9.57. The van der Waals surface area contributed by atoms with E-state index in [2.05, 4.69) is 28.7 Å². The minimum atomic E-state index is 0.474. The fourth-order valence-electron chi connectivity index (χ4n) is 2.71. The predicted octanol–water partition coefficient (Wildman–Crippen LogP) is 6.33. The van der Waals surface area contributed by atoms with Gasteiger partial charge in [-0.1, -0.05) is 48.5 Å². The van der Waals surface area contributed by atoms with Crippen LogP contribution in [0.1, 0.15) is 23.6 Å². The average Bonchev–Trinajstić information content (AvgIpc) is 2.73. The van der Waals surface area contributed by atoms with Crippen LogP contribution in [0.5, 0.6) is 11.5 Å². The van der Waals surface area contributed by atoms with E-state index in [0.717, 1.165) is 20.3 Å². The highest BCUT2D eigenvalue weighted by Crippen LogP contribution is 2.31. The van der Waals surface area contributed by atoms with Gasteiger partial charge < -0.3 is 9.47 Å². The van der Waals surface area contributed by atoms with Crippen molar-refractivity contribution in [3.05, 3.63) is 93.1 Å². The molecule has 0 bridgehead atoms. The smallest absolute Gasteiger partial charge is 0.161 e. The number of hydrogen-bond acceptors (Lipinski definition) is 3. The first kappa shape index (κ1) is 20.0. The van der Waals surface area contributed by atoms with Gasteiger partial charge in [-0.2, -0.15) is 5.26 Å². The van der Waals surface area contributed by atoms with Crippen LogP contribution in [-0.2, 0) is 6.61 Å². The maximum Gasteiger partial charge on any atom is 0.161 e. The summed E-state index contributed by atoms with van der Waals surface area (Å²) in [6.45, 7) is 2.95. The number of nitrogens with zero attached hydrogens (tertiary/aromatic N) is 1. The van der Waals surface area contributed by atoms with Gasteiger partial charge in [0.2, 0.25) is 0 Å². The van der Waals surface area contributed by atoms with Crippen LogP contribution in [0.3, 0.4) is 0 Å². The summed E-state index contributed by atoms with van der Waals surface area (Å²) in [7, 11) is 0. The number of benzene rings is 3. The van der Waals surface area contributed by atoms with Gasteiger partial charge in [-0.15, -0.1) is 0 Å². The van der Waals surface area contributed by atoms with E-state index in [1.807, 2.05) is 85.8 Å². The molecule has 3 aromatic rings. The SMILES string of the molecule is CCOc1cc(/C=C(/C#N)c2ccc(I)cc2)ccc1OCc1ccccc1. The van der Waals surface area contributed by atoms with Crippen molar-refractivity contribution in [3.63, 3.8) is 0 Å². The molecular formula is C24H20INO2. The van der Waals surface area contributed by atoms with Gasteiger partial charge in [-0.25, -0.2) is 0 Å². The van der Waals surface area contributed by atoms with E-state index in [4.69, 9.17) is 9.47 Å². The van der Waals surface area contributed by atoms with Gasteiger partial charge in [0.1, 0.15) is 6.61 Å². The molecule has 0 heterocycles. The van der Waals surface area contributed by atoms with Crippen molar-refractivity contribution in [1.29, 1.82) is 5.26 Å². The molecule has 0 saturated heterocycles. The van der Waals surface area contributed by atoms with Crippen LogP contribution >= 0.6 is 22.6 Å². The maximum absolute atomic E-state index is 9.57. The highest BCUT2D eigenvalue weighted by Gasteiger charge is 2.08. The van der Waals surface area contributed by atoms with Gasteiger partial charge in [-0.05, 0) is 76.5 Å². The molecule has 0 unspecified atom stereocenters. The molecule has 140 valence electrons. The molecule has 0 atom stereocenters. The summed E-state index contributed by atoms with van der Waals surface area (Å²) in [5.41, 5.74) is 3.49. The quantitative estimate of drug-likeness (QED) is 0.225. The zero-order valence-electron chi connectivity index (χ0n) is 15.6. The second-order valence-electron chi connectivity index (χ2n) is 6.09. The monoisotopic (exact) mass is 481 g/mol. The van der Waals surface area contributed by atoms with Crippen molar-refractivity contribution < 1.29 is 9.47 Å². The van der Waals surface area contributed by atoms with Crippen molar-refractivity contribution in [1.82, 2.24) is 0 Å². The Balaban J connectivity index is 1.85. The largest absolute Gasteiger partial charge is 0.490 e. The highest BCUT2D eigenvalue weighted by atomic mass is 127. The third kappa shape index (κ3) is 5.37. The summed E-state index contributed by atoms with van der Waals surface area (Å²) in [6, 6.07) is 25.9. The molecule has 0 N–H and O–H groups in total. The lowest BCUT2D eigenvalue weighted by Crippen LogP contribution is -2.00. The van der Waals surface area contributed by atoms with Crippen LogP contribution in [-0.4, -0.2) is 6.61 Å². The van der Waals surface area contributed by atoms with Crippen LogP contribution < -0.4 is 9.47 Å². The number of ether oxygens (including phenoxy) is 2. The summed E-state index contributed by atoms with van der Waals surface area (Å²) in [4.78, 5) is 0. The molecule has 3 rings (SSSR count). The second-order valence-corrected chi connectivity index (χ2v) is 7.34. The van der Waals surface area contributed by atoms with Crippen LogP contribution in [0.25, 0.3) is 11.6 Å². The minimum absolute atomic E-state index is 0.474. The normalized spacial score (nSPS) is 11.0. The molecule has 0 radical (unpaired) electrons. The van der Waals surface area contributed by atoms with Crippen LogP contribution in [0.4, 0.5) is 0 Å². The average molecular weight is 481 g/mol. The van der Waals surface area contributed by atoms with Crippen LogP contribution in [0.2, 0.25) is 0 Å². The van der Waals surface area contributed by atoms with Crippen molar-refractivity contribution >= 4 is 34.2 Å². The van der Waals surface area contributed by atoms with E-state index in [1.54, 1.807) is 0 Å². The number of halogens is 1. The van der Waals surface area contributed by atoms with E-state index in [-0.39, 0.29) is 0 Å². The molecule has 0 fully saturated rings. The van der Waals surface area contributed by atoms with Gasteiger partial charge in [0, 0.05) is 3.57 Å². The Labute approximate surface area is 179 Å². The summed E-state index contributed by atoms with van der Waals surface area (Å²) >= 11 is 2.25. The molecule has 28 heavy (non-hydrogen) atoms. The Morgan fingerprint density at radius 3 is 2.39 bits per heavy atom. The fourth-order valence-corrected chi connectivity index (χ4v) is 3.07. The molecule has 0 saturated carbocycles. The molecule has 0 aromatic heterocycles. The molecule has 0 aliphatic heterocycles. The van der Waals surface area contributed by atoms with E-state index in [1.165, 1.54) is 0 Å². The first-order valence-corrected chi connectivity index (χ1v) is 10.1. The van der Waals surface area contributed by atoms with E-state index >= 15 is 0 Å². The lowest BCUT2D eigenvalue weighted by Gasteiger charge is -2.13. The summed E-state index contributed by atoms with van der Waals surface area (Å²) in [5, 5.41) is 9.57. The summed E-state index contributed by atoms with van der Waals surface area (Å²) in [5.74, 6) is 1.36. The predicted molar refractivity (Wildman–Crippen MR) is 121 cm³/mol. The van der Waals surface area contributed by atoms with E-state index in [9.17, 15) is 5.26 Å². The molecule has 3 nitrogen and oxygen atoms in total. The van der Waals surface area contributed by atoms with Gasteiger partial charge in [0.05, 0.1) is 18.2 Å². The Morgan fingerprint density at radius 2 is 1.71 bits per heavy atom. The minimum Gasteiger partial charge on any atom is -0.490 e. The second kappa shape index (κ2) is 9.95. The number of hydrogen-bond donors (Lipinski definition) is 0. The topological polar surface area (TPSA) is 42.2 Å². The first-order chi connectivity index (χ1) is 13.7. The first-order valence-electron chi connectivity index (χ1n) is 9.01. The molecular weight excluding hydrogens is 461 g/mol.